The molecule has 2 bridgehead atoms. The number of carbonyl (C=O) groups excluding carboxylic acids is 2. The molecule has 0 radical (unpaired) electrons. The van der Waals surface area contributed by atoms with Crippen LogP contribution in [-0.4, -0.2) is 44.8 Å². The van der Waals surface area contributed by atoms with Crippen molar-refractivity contribution < 1.29 is 33.0 Å². The van der Waals surface area contributed by atoms with E-state index in [1.54, 1.807) is 9.47 Å². The molecule has 7 rings (SSSR count). The summed E-state index contributed by atoms with van der Waals surface area (Å²) in [6.07, 6.45) is 0.550. The van der Waals surface area contributed by atoms with Gasteiger partial charge in [-0.3, -0.25) is 14.4 Å². The lowest BCUT2D eigenvalue weighted by molar-refractivity contribution is -0.148. The van der Waals surface area contributed by atoms with Crippen LogP contribution in [0.3, 0.4) is 0 Å². The molecule has 2 N–H and O–H groups in total. The molecule has 5 atom stereocenters. The van der Waals surface area contributed by atoms with Crippen molar-refractivity contribution in [1.82, 2.24) is 14.8 Å². The number of pyridine rings is 1. The number of aliphatic hydroxyl groups excluding tert-OH is 1. The number of halogens is 2. The molecule has 1 saturated heterocycles. The largest absolute Gasteiger partial charge is 0.483 e. The maximum absolute atomic E-state index is 14.2. The fourth-order valence-corrected chi connectivity index (χ4v) is 6.71. The zero-order valence-electron chi connectivity index (χ0n) is 21.9. The van der Waals surface area contributed by atoms with Crippen molar-refractivity contribution in [2.75, 3.05) is 0 Å². The molecule has 3 aromatic rings. The number of amides is 2. The third-order valence-corrected chi connectivity index (χ3v) is 8.55. The zero-order valence-corrected chi connectivity index (χ0v) is 21.9. The molecule has 41 heavy (non-hydrogen) atoms. The van der Waals surface area contributed by atoms with Gasteiger partial charge in [-0.1, -0.05) is 36.4 Å². The molecular weight excluding hydrogens is 536 g/mol. The second-order valence-corrected chi connectivity index (χ2v) is 11.0. The standard InChI is InChI=1S/C30H27F2N3O6/c31-17-7-6-16(20(32)10-17)13-33-28(38)23-24-22(36)12-21-30-34(18-8-9-19(11-18)41-30)29(39)25(35(21)24)27(26(23)37)40-14-15-4-2-1-3-5-15/h1-7,10,18-19,21-22,30,36H,8-9,11-14H2,(H,33,38)/t18?,19?,21-,22?,30-/m1/s1. The first-order chi connectivity index (χ1) is 19.8. The zero-order chi connectivity index (χ0) is 28.4. The molecular formula is C30H27F2N3O6. The third-order valence-electron chi connectivity index (χ3n) is 8.55. The van der Waals surface area contributed by atoms with Crippen molar-refractivity contribution >= 4 is 11.8 Å². The second-order valence-electron chi connectivity index (χ2n) is 11.0. The van der Waals surface area contributed by atoms with Crippen LogP contribution in [0.25, 0.3) is 0 Å². The summed E-state index contributed by atoms with van der Waals surface area (Å²) in [7, 11) is 0. The summed E-state index contributed by atoms with van der Waals surface area (Å²) < 4.78 is 41.5. The Balaban J connectivity index is 1.34. The summed E-state index contributed by atoms with van der Waals surface area (Å²) in [5, 5.41) is 13.7. The van der Waals surface area contributed by atoms with E-state index < -0.39 is 47.3 Å². The first-order valence-corrected chi connectivity index (χ1v) is 13.7. The van der Waals surface area contributed by atoms with Crippen LogP contribution < -0.4 is 15.5 Å². The van der Waals surface area contributed by atoms with Gasteiger partial charge >= 0.3 is 0 Å². The number of aromatic nitrogens is 1. The Hall–Kier alpha value is -4.09. The maximum Gasteiger partial charge on any atom is 0.276 e. The fraction of sp³-hybridized carbons (Fsp3) is 0.367. The van der Waals surface area contributed by atoms with E-state index in [9.17, 15) is 28.3 Å². The van der Waals surface area contributed by atoms with E-state index in [1.807, 2.05) is 30.3 Å². The van der Waals surface area contributed by atoms with Crippen LogP contribution in [0.4, 0.5) is 8.78 Å². The number of rotatable bonds is 6. The minimum Gasteiger partial charge on any atom is -0.483 e. The normalized spacial score (nSPS) is 25.6. The molecule has 2 aromatic carbocycles. The van der Waals surface area contributed by atoms with Crippen LogP contribution in [0.2, 0.25) is 0 Å². The molecule has 212 valence electrons. The molecule has 1 aromatic heterocycles. The van der Waals surface area contributed by atoms with Crippen LogP contribution >= 0.6 is 0 Å². The van der Waals surface area contributed by atoms with E-state index >= 15 is 0 Å². The predicted molar refractivity (Wildman–Crippen MR) is 140 cm³/mol. The molecule has 2 fully saturated rings. The van der Waals surface area contributed by atoms with Gasteiger partial charge < -0.3 is 29.4 Å². The monoisotopic (exact) mass is 563 g/mol. The van der Waals surface area contributed by atoms with Crippen molar-refractivity contribution in [3.8, 4) is 5.75 Å². The van der Waals surface area contributed by atoms with Crippen molar-refractivity contribution in [3.63, 3.8) is 0 Å². The van der Waals surface area contributed by atoms with E-state index in [4.69, 9.17) is 9.47 Å². The number of ether oxygens (including phenoxy) is 2. The highest BCUT2D eigenvalue weighted by atomic mass is 19.1. The van der Waals surface area contributed by atoms with E-state index in [0.29, 0.717) is 12.5 Å². The Morgan fingerprint density at radius 2 is 1.90 bits per heavy atom. The van der Waals surface area contributed by atoms with Crippen LogP contribution in [0.15, 0.2) is 53.3 Å². The summed E-state index contributed by atoms with van der Waals surface area (Å²) in [5.41, 5.74) is -0.449. The number of nitrogens with one attached hydrogen (secondary N) is 1. The van der Waals surface area contributed by atoms with Gasteiger partial charge in [-0.2, -0.15) is 0 Å². The van der Waals surface area contributed by atoms with Gasteiger partial charge in [0, 0.05) is 30.6 Å². The van der Waals surface area contributed by atoms with E-state index in [1.165, 1.54) is 6.07 Å². The summed E-state index contributed by atoms with van der Waals surface area (Å²) in [6.45, 7) is -0.358. The van der Waals surface area contributed by atoms with Gasteiger partial charge in [0.1, 0.15) is 23.8 Å². The topological polar surface area (TPSA) is 110 Å². The minimum absolute atomic E-state index is 0.00153. The van der Waals surface area contributed by atoms with E-state index in [0.717, 1.165) is 24.5 Å². The van der Waals surface area contributed by atoms with Crippen molar-refractivity contribution in [2.24, 2.45) is 0 Å². The van der Waals surface area contributed by atoms with Crippen LogP contribution in [-0.2, 0) is 17.9 Å². The number of hydrogen-bond acceptors (Lipinski definition) is 6. The smallest absolute Gasteiger partial charge is 0.276 e. The molecule has 1 saturated carbocycles. The predicted octanol–water partition coefficient (Wildman–Crippen LogP) is 3.35. The quantitative estimate of drug-likeness (QED) is 0.476. The Labute approximate surface area is 233 Å². The second kappa shape index (κ2) is 9.78. The highest BCUT2D eigenvalue weighted by Crippen LogP contribution is 2.50. The SMILES string of the molecule is O=C(NCc1ccc(F)cc1F)c1c2n3c(c(OCc4ccccc4)c1=O)C(=O)N1C4CCC(C4)O[C@@H]1[C@H]3CC2O. The molecule has 3 aliphatic heterocycles. The maximum atomic E-state index is 14.2. The highest BCUT2D eigenvalue weighted by molar-refractivity contribution is 6.01. The van der Waals surface area contributed by atoms with Gasteiger partial charge in [0.25, 0.3) is 11.8 Å². The molecule has 3 unspecified atom stereocenters. The number of nitrogens with zero attached hydrogens (tertiary/aromatic N) is 2. The first kappa shape index (κ1) is 25.8. The number of aliphatic hydroxyl groups is 1. The molecule has 4 heterocycles. The molecule has 11 heteroatoms. The molecule has 1 aliphatic carbocycles. The number of fused-ring (bicyclic) bond motifs is 5. The van der Waals surface area contributed by atoms with Gasteiger partial charge in [0.15, 0.2) is 17.7 Å². The molecule has 9 nitrogen and oxygen atoms in total. The first-order valence-electron chi connectivity index (χ1n) is 13.7. The Bertz CT molecular complexity index is 1630. The van der Waals surface area contributed by atoms with Crippen molar-refractivity contribution in [2.45, 2.75) is 69.4 Å². The van der Waals surface area contributed by atoms with Gasteiger partial charge in [0.2, 0.25) is 5.43 Å². The molecule has 2 amide bonds. The van der Waals surface area contributed by atoms with Crippen LogP contribution in [0.5, 0.6) is 5.75 Å². The summed E-state index contributed by atoms with van der Waals surface area (Å²) in [4.78, 5) is 43.3. The Morgan fingerprint density at radius 1 is 1.10 bits per heavy atom. The third kappa shape index (κ3) is 4.14. The lowest BCUT2D eigenvalue weighted by Gasteiger charge is -2.47. The van der Waals surface area contributed by atoms with Crippen LogP contribution in [0.1, 0.15) is 75.5 Å². The van der Waals surface area contributed by atoms with Gasteiger partial charge in [-0.15, -0.1) is 0 Å². The average molecular weight is 564 g/mol. The fourth-order valence-electron chi connectivity index (χ4n) is 6.71. The Kier molecular flexibility index (Phi) is 6.16. The van der Waals surface area contributed by atoms with Gasteiger partial charge in [0.05, 0.1) is 23.9 Å². The molecule has 0 spiro atoms. The van der Waals surface area contributed by atoms with E-state index in [-0.39, 0.29) is 60.0 Å². The van der Waals surface area contributed by atoms with Gasteiger partial charge in [-0.05, 0) is 30.9 Å². The summed E-state index contributed by atoms with van der Waals surface area (Å²) >= 11 is 0. The van der Waals surface area contributed by atoms with Crippen molar-refractivity contribution in [3.05, 3.63) is 98.5 Å². The Morgan fingerprint density at radius 3 is 2.68 bits per heavy atom. The number of hydrogen-bond donors (Lipinski definition) is 2. The highest BCUT2D eigenvalue weighted by Gasteiger charge is 2.55. The average Bonchev–Trinajstić information content (AvgIpc) is 3.50. The van der Waals surface area contributed by atoms with Crippen LogP contribution in [0, 0.1) is 11.6 Å². The lowest BCUT2D eigenvalue weighted by atomic mass is 10.0. The summed E-state index contributed by atoms with van der Waals surface area (Å²) in [6, 6.07) is 11.5. The molecule has 4 aliphatic rings. The number of carbonyl (C=O) groups is 2. The van der Waals surface area contributed by atoms with E-state index in [2.05, 4.69) is 5.32 Å². The minimum atomic E-state index is -1.23. The van der Waals surface area contributed by atoms with Crippen molar-refractivity contribution in [1.29, 1.82) is 0 Å². The van der Waals surface area contributed by atoms with Gasteiger partial charge in [-0.25, -0.2) is 8.78 Å². The summed E-state index contributed by atoms with van der Waals surface area (Å²) in [5.74, 6) is -3.19. The lowest BCUT2D eigenvalue weighted by Crippen LogP contribution is -2.58. The number of benzene rings is 2.